The Morgan fingerprint density at radius 1 is 1.00 bits per heavy atom. The topological polar surface area (TPSA) is 80.8 Å². The van der Waals surface area contributed by atoms with E-state index in [4.69, 9.17) is 4.74 Å². The zero-order chi connectivity index (χ0) is 24.9. The van der Waals surface area contributed by atoms with Crippen molar-refractivity contribution in [2.24, 2.45) is 0 Å². The molecule has 0 saturated carbocycles. The number of amides is 1. The van der Waals surface area contributed by atoms with Gasteiger partial charge in [-0.05, 0) is 41.5 Å². The van der Waals surface area contributed by atoms with Crippen LogP contribution in [-0.2, 0) is 4.79 Å². The molecule has 1 aliphatic heterocycles. The van der Waals surface area contributed by atoms with Crippen molar-refractivity contribution in [2.45, 2.75) is 5.92 Å². The van der Waals surface area contributed by atoms with Crippen LogP contribution < -0.4 is 15.0 Å². The molecular weight excluding hydrogens is 452 g/mol. The summed E-state index contributed by atoms with van der Waals surface area (Å²) in [5.41, 5.74) is 4.21. The number of nitrogens with one attached hydrogen (secondary N) is 2. The SMILES string of the molecule is COc1ccc([C@H](CNC(=O)CN2CCN(c3ccccc3O)CC2)c2c[nH]c3ccccc23)cc1. The summed E-state index contributed by atoms with van der Waals surface area (Å²) in [5, 5.41) is 14.5. The molecule has 186 valence electrons. The molecule has 0 spiro atoms. The van der Waals surface area contributed by atoms with Gasteiger partial charge in [-0.1, -0.05) is 42.5 Å². The van der Waals surface area contributed by atoms with Crippen molar-refractivity contribution in [3.8, 4) is 11.5 Å². The van der Waals surface area contributed by atoms with Crippen molar-refractivity contribution in [1.29, 1.82) is 0 Å². The minimum Gasteiger partial charge on any atom is -0.506 e. The highest BCUT2D eigenvalue weighted by Gasteiger charge is 2.23. The highest BCUT2D eigenvalue weighted by Crippen LogP contribution is 2.31. The van der Waals surface area contributed by atoms with Crippen molar-refractivity contribution in [3.63, 3.8) is 0 Å². The van der Waals surface area contributed by atoms with Gasteiger partial charge in [0.05, 0.1) is 19.3 Å². The molecule has 3 aromatic carbocycles. The number of rotatable bonds is 8. The molecule has 2 heterocycles. The van der Waals surface area contributed by atoms with Crippen LogP contribution in [0.1, 0.15) is 17.0 Å². The van der Waals surface area contributed by atoms with Gasteiger partial charge in [0.2, 0.25) is 5.91 Å². The molecule has 0 bridgehead atoms. The molecule has 4 aromatic rings. The summed E-state index contributed by atoms with van der Waals surface area (Å²) < 4.78 is 5.34. The van der Waals surface area contributed by atoms with Crippen molar-refractivity contribution in [1.82, 2.24) is 15.2 Å². The van der Waals surface area contributed by atoms with Crippen molar-refractivity contribution >= 4 is 22.5 Å². The van der Waals surface area contributed by atoms with E-state index in [2.05, 4.69) is 44.4 Å². The Morgan fingerprint density at radius 3 is 2.47 bits per heavy atom. The number of aromatic amines is 1. The molecule has 1 aromatic heterocycles. The molecule has 1 amide bonds. The number of hydrogen-bond donors (Lipinski definition) is 3. The number of benzene rings is 3. The van der Waals surface area contributed by atoms with E-state index in [0.717, 1.165) is 59.6 Å². The predicted molar refractivity (Wildman–Crippen MR) is 143 cm³/mol. The molecule has 1 saturated heterocycles. The summed E-state index contributed by atoms with van der Waals surface area (Å²) in [6, 6.07) is 23.7. The van der Waals surface area contributed by atoms with Gasteiger partial charge in [-0.2, -0.15) is 0 Å². The van der Waals surface area contributed by atoms with E-state index < -0.39 is 0 Å². The summed E-state index contributed by atoms with van der Waals surface area (Å²) >= 11 is 0. The predicted octanol–water partition coefficient (Wildman–Crippen LogP) is 3.95. The second kappa shape index (κ2) is 10.7. The first-order valence-electron chi connectivity index (χ1n) is 12.3. The number of para-hydroxylation sites is 3. The molecular formula is C29H32N4O3. The zero-order valence-electron chi connectivity index (χ0n) is 20.5. The number of aromatic hydroxyl groups is 1. The Labute approximate surface area is 211 Å². The first-order valence-corrected chi connectivity index (χ1v) is 12.3. The van der Waals surface area contributed by atoms with Crippen LogP contribution in [-0.4, -0.2) is 67.3 Å². The minimum absolute atomic E-state index is 0.00825. The number of carbonyl (C=O) groups excluding carboxylic acids is 1. The Hall–Kier alpha value is -3.97. The molecule has 1 fully saturated rings. The number of aromatic nitrogens is 1. The van der Waals surface area contributed by atoms with Gasteiger partial charge in [-0.25, -0.2) is 0 Å². The maximum absolute atomic E-state index is 13.0. The number of piperazine rings is 1. The average molecular weight is 485 g/mol. The standard InChI is InChI=1S/C29H32N4O3/c1-36-22-12-10-21(11-13-22)24(25-19-30-26-7-3-2-6-23(25)26)18-31-29(35)20-32-14-16-33(17-15-32)27-8-4-5-9-28(27)34/h2-13,19,24,30,34H,14-18,20H2,1H3,(H,31,35)/t24-/m0/s1. The van der Waals surface area contributed by atoms with Crippen LogP contribution in [0.25, 0.3) is 10.9 Å². The lowest BCUT2D eigenvalue weighted by atomic mass is 9.90. The van der Waals surface area contributed by atoms with Gasteiger partial charge in [0, 0.05) is 55.7 Å². The summed E-state index contributed by atoms with van der Waals surface area (Å²) in [7, 11) is 1.66. The highest BCUT2D eigenvalue weighted by molar-refractivity contribution is 5.84. The number of methoxy groups -OCH3 is 1. The van der Waals surface area contributed by atoms with E-state index >= 15 is 0 Å². The molecule has 1 aliphatic rings. The van der Waals surface area contributed by atoms with Crippen LogP contribution in [0.3, 0.4) is 0 Å². The Morgan fingerprint density at radius 2 is 1.72 bits per heavy atom. The van der Waals surface area contributed by atoms with Crippen LogP contribution in [0.4, 0.5) is 5.69 Å². The van der Waals surface area contributed by atoms with Gasteiger partial charge in [0.25, 0.3) is 0 Å². The van der Waals surface area contributed by atoms with Gasteiger partial charge in [0.15, 0.2) is 0 Å². The fourth-order valence-corrected chi connectivity index (χ4v) is 4.98. The second-order valence-corrected chi connectivity index (χ2v) is 9.17. The maximum Gasteiger partial charge on any atom is 0.234 e. The average Bonchev–Trinajstić information content (AvgIpc) is 3.34. The highest BCUT2D eigenvalue weighted by atomic mass is 16.5. The second-order valence-electron chi connectivity index (χ2n) is 9.17. The number of hydrogen-bond acceptors (Lipinski definition) is 5. The molecule has 36 heavy (non-hydrogen) atoms. The molecule has 3 N–H and O–H groups in total. The monoisotopic (exact) mass is 484 g/mol. The molecule has 7 heteroatoms. The third-order valence-electron chi connectivity index (χ3n) is 6.98. The quantitative estimate of drug-likeness (QED) is 0.353. The van der Waals surface area contributed by atoms with E-state index in [0.29, 0.717) is 18.8 Å². The smallest absolute Gasteiger partial charge is 0.234 e. The molecule has 0 unspecified atom stereocenters. The largest absolute Gasteiger partial charge is 0.506 e. The summed E-state index contributed by atoms with van der Waals surface area (Å²) in [6.45, 7) is 3.95. The number of fused-ring (bicyclic) bond motifs is 1. The van der Waals surface area contributed by atoms with Crippen molar-refractivity contribution in [2.75, 3.05) is 51.3 Å². The van der Waals surface area contributed by atoms with E-state index in [-0.39, 0.29) is 11.8 Å². The first-order chi connectivity index (χ1) is 17.6. The molecule has 0 aliphatic carbocycles. The third-order valence-corrected chi connectivity index (χ3v) is 6.98. The summed E-state index contributed by atoms with van der Waals surface area (Å²) in [5.74, 6) is 1.13. The number of ether oxygens (including phenoxy) is 1. The summed E-state index contributed by atoms with van der Waals surface area (Å²) in [4.78, 5) is 20.7. The molecule has 0 radical (unpaired) electrons. The molecule has 7 nitrogen and oxygen atoms in total. The first kappa shape index (κ1) is 23.8. The van der Waals surface area contributed by atoms with E-state index in [9.17, 15) is 9.90 Å². The Balaban J connectivity index is 1.23. The number of phenols is 1. The van der Waals surface area contributed by atoms with E-state index in [1.54, 1.807) is 13.2 Å². The third kappa shape index (κ3) is 5.16. The maximum atomic E-state index is 13.0. The number of carbonyl (C=O) groups is 1. The van der Waals surface area contributed by atoms with Crippen molar-refractivity contribution < 1.29 is 14.6 Å². The fourth-order valence-electron chi connectivity index (χ4n) is 4.98. The minimum atomic E-state index is 0.00825. The van der Waals surface area contributed by atoms with E-state index in [1.165, 1.54) is 0 Å². The van der Waals surface area contributed by atoms with Crippen molar-refractivity contribution in [3.05, 3.63) is 90.1 Å². The van der Waals surface area contributed by atoms with Gasteiger partial charge in [-0.3, -0.25) is 9.69 Å². The Bertz CT molecular complexity index is 1310. The lowest BCUT2D eigenvalue weighted by Gasteiger charge is -2.36. The lowest BCUT2D eigenvalue weighted by Crippen LogP contribution is -2.49. The van der Waals surface area contributed by atoms with E-state index in [1.807, 2.05) is 48.7 Å². The summed E-state index contributed by atoms with van der Waals surface area (Å²) in [6.07, 6.45) is 2.05. The van der Waals surface area contributed by atoms with Crippen LogP contribution in [0, 0.1) is 0 Å². The van der Waals surface area contributed by atoms with Gasteiger partial charge >= 0.3 is 0 Å². The van der Waals surface area contributed by atoms with Gasteiger partial charge < -0.3 is 25.0 Å². The van der Waals surface area contributed by atoms with Gasteiger partial charge in [0.1, 0.15) is 11.5 Å². The van der Waals surface area contributed by atoms with Crippen LogP contribution >= 0.6 is 0 Å². The van der Waals surface area contributed by atoms with Gasteiger partial charge in [-0.15, -0.1) is 0 Å². The number of nitrogens with zero attached hydrogens (tertiary/aromatic N) is 2. The normalized spacial score (nSPS) is 15.1. The molecule has 5 rings (SSSR count). The number of phenolic OH excluding ortho intramolecular Hbond substituents is 1. The number of anilines is 1. The lowest BCUT2D eigenvalue weighted by molar-refractivity contribution is -0.122. The van der Waals surface area contributed by atoms with Crippen LogP contribution in [0.15, 0.2) is 79.0 Å². The fraction of sp³-hybridized carbons (Fsp3) is 0.276. The molecule has 1 atom stereocenters. The van der Waals surface area contributed by atoms with Crippen LogP contribution in [0.2, 0.25) is 0 Å². The zero-order valence-corrected chi connectivity index (χ0v) is 20.5. The Kier molecular flexibility index (Phi) is 7.09. The number of H-pyrrole nitrogens is 1. The van der Waals surface area contributed by atoms with Crippen LogP contribution in [0.5, 0.6) is 11.5 Å².